The van der Waals surface area contributed by atoms with Crippen molar-refractivity contribution < 1.29 is 28.6 Å². The minimum Gasteiger partial charge on any atom is -0.462 e. The summed E-state index contributed by atoms with van der Waals surface area (Å²) in [5, 5.41) is 0. The summed E-state index contributed by atoms with van der Waals surface area (Å²) >= 11 is 0. The molecule has 82 heavy (non-hydrogen) atoms. The molecule has 0 aliphatic rings. The van der Waals surface area contributed by atoms with E-state index < -0.39 is 6.10 Å². The molecule has 0 heterocycles. The van der Waals surface area contributed by atoms with Crippen LogP contribution in [-0.4, -0.2) is 37.2 Å². The number of carbonyl (C=O) groups is 3. The lowest BCUT2D eigenvalue weighted by Gasteiger charge is -2.18. The molecule has 0 spiro atoms. The third-order valence-corrected chi connectivity index (χ3v) is 15.3. The van der Waals surface area contributed by atoms with Gasteiger partial charge in [0, 0.05) is 19.3 Å². The molecule has 0 N–H and O–H groups in total. The first-order valence-corrected chi connectivity index (χ1v) is 35.2. The van der Waals surface area contributed by atoms with E-state index >= 15 is 0 Å². The molecule has 1 unspecified atom stereocenters. The summed E-state index contributed by atoms with van der Waals surface area (Å²) in [5.41, 5.74) is 0. The first-order chi connectivity index (χ1) is 40.5. The Labute approximate surface area is 508 Å². The van der Waals surface area contributed by atoms with Gasteiger partial charge in [0.25, 0.3) is 0 Å². The van der Waals surface area contributed by atoms with Crippen LogP contribution in [0.25, 0.3) is 0 Å². The zero-order chi connectivity index (χ0) is 59.2. The van der Waals surface area contributed by atoms with E-state index in [1.807, 2.05) is 0 Å². The highest BCUT2D eigenvalue weighted by molar-refractivity contribution is 5.71. The number of carbonyl (C=O) groups excluding carboxylic acids is 3. The van der Waals surface area contributed by atoms with Crippen LogP contribution in [0, 0.1) is 0 Å². The molecule has 6 heteroatoms. The number of hydrogen-bond donors (Lipinski definition) is 0. The zero-order valence-electron chi connectivity index (χ0n) is 54.2. The van der Waals surface area contributed by atoms with Gasteiger partial charge in [-0.1, -0.05) is 323 Å². The predicted octanol–water partition coefficient (Wildman–Crippen LogP) is 24.4. The number of ether oxygens (including phenoxy) is 3. The van der Waals surface area contributed by atoms with Crippen molar-refractivity contribution in [1.82, 2.24) is 0 Å². The molecule has 0 saturated heterocycles. The van der Waals surface area contributed by atoms with Crippen molar-refractivity contribution in [2.24, 2.45) is 0 Å². The molecule has 6 nitrogen and oxygen atoms in total. The van der Waals surface area contributed by atoms with Crippen molar-refractivity contribution in [2.75, 3.05) is 13.2 Å². The lowest BCUT2D eigenvalue weighted by molar-refractivity contribution is -0.167. The van der Waals surface area contributed by atoms with Gasteiger partial charge in [-0.3, -0.25) is 14.4 Å². The van der Waals surface area contributed by atoms with Crippen molar-refractivity contribution in [2.45, 2.75) is 354 Å². The SMILES string of the molecule is CC/C=C\C/C=C\C/C=C\C/C=C\C/C=C\C/C=C\C/C=C\CCCCCCCCCC(=O)OCC(COC(=O)CCCCCCCCCCCCCCCCCC)OC(=O)CCCCCCCCCCC/C=C\CCCCCCCC. The third-order valence-electron chi connectivity index (χ3n) is 15.3. The maximum Gasteiger partial charge on any atom is 0.306 e. The summed E-state index contributed by atoms with van der Waals surface area (Å²) in [7, 11) is 0. The fourth-order valence-corrected chi connectivity index (χ4v) is 10.1. The summed E-state index contributed by atoms with van der Waals surface area (Å²) < 4.78 is 17.0. The Morgan fingerprint density at radius 3 is 0.756 bits per heavy atom. The number of unbranched alkanes of at least 4 members (excludes halogenated alkanes) is 37. The molecule has 0 aliphatic heterocycles. The van der Waals surface area contributed by atoms with Crippen LogP contribution in [0.4, 0.5) is 0 Å². The monoisotopic (exact) mass is 1140 g/mol. The summed E-state index contributed by atoms with van der Waals surface area (Å²) in [4.78, 5) is 38.5. The second-order valence-corrected chi connectivity index (χ2v) is 23.4. The highest BCUT2D eigenvalue weighted by Crippen LogP contribution is 2.17. The van der Waals surface area contributed by atoms with Gasteiger partial charge in [0.05, 0.1) is 0 Å². The summed E-state index contributed by atoms with van der Waals surface area (Å²) in [6, 6.07) is 0. The van der Waals surface area contributed by atoms with E-state index in [0.717, 1.165) is 109 Å². The minimum atomic E-state index is -0.784. The van der Waals surface area contributed by atoms with Crippen LogP contribution < -0.4 is 0 Å². The topological polar surface area (TPSA) is 78.9 Å². The van der Waals surface area contributed by atoms with Gasteiger partial charge in [0.15, 0.2) is 6.10 Å². The van der Waals surface area contributed by atoms with E-state index in [1.165, 1.54) is 199 Å². The number of hydrogen-bond acceptors (Lipinski definition) is 6. The largest absolute Gasteiger partial charge is 0.462 e. The molecule has 0 bridgehead atoms. The zero-order valence-corrected chi connectivity index (χ0v) is 54.2. The Hall–Kier alpha value is -3.67. The lowest BCUT2D eigenvalue weighted by atomic mass is 10.0. The molecule has 1 atom stereocenters. The van der Waals surface area contributed by atoms with Crippen molar-refractivity contribution >= 4 is 17.9 Å². The van der Waals surface area contributed by atoms with Crippen LogP contribution in [-0.2, 0) is 28.6 Å². The van der Waals surface area contributed by atoms with Gasteiger partial charge in [-0.05, 0) is 103 Å². The second-order valence-electron chi connectivity index (χ2n) is 23.4. The smallest absolute Gasteiger partial charge is 0.306 e. The molecule has 0 aromatic heterocycles. The van der Waals surface area contributed by atoms with Gasteiger partial charge in [-0.2, -0.15) is 0 Å². The number of allylic oxidation sites excluding steroid dienone is 16. The first kappa shape index (κ1) is 78.3. The second kappa shape index (κ2) is 69.8. The number of esters is 3. The molecule has 0 aromatic carbocycles. The van der Waals surface area contributed by atoms with E-state index in [9.17, 15) is 14.4 Å². The van der Waals surface area contributed by atoms with Crippen molar-refractivity contribution in [3.8, 4) is 0 Å². The first-order valence-electron chi connectivity index (χ1n) is 35.2. The quantitative estimate of drug-likeness (QED) is 0.0261. The van der Waals surface area contributed by atoms with E-state index in [4.69, 9.17) is 14.2 Å². The van der Waals surface area contributed by atoms with Crippen LogP contribution in [0.5, 0.6) is 0 Å². The number of rotatable bonds is 64. The molecule has 0 saturated carbocycles. The van der Waals surface area contributed by atoms with E-state index in [1.54, 1.807) is 0 Å². The molecule has 0 radical (unpaired) electrons. The minimum absolute atomic E-state index is 0.0779. The third kappa shape index (κ3) is 67.1. The van der Waals surface area contributed by atoms with E-state index in [-0.39, 0.29) is 31.1 Å². The normalized spacial score (nSPS) is 12.7. The lowest BCUT2D eigenvalue weighted by Crippen LogP contribution is -2.30. The Balaban J connectivity index is 4.35. The average molecular weight is 1140 g/mol. The van der Waals surface area contributed by atoms with Crippen molar-refractivity contribution in [1.29, 1.82) is 0 Å². The molecule has 0 amide bonds. The van der Waals surface area contributed by atoms with E-state index in [0.29, 0.717) is 19.3 Å². The van der Waals surface area contributed by atoms with Crippen LogP contribution in [0.15, 0.2) is 97.2 Å². The van der Waals surface area contributed by atoms with Crippen LogP contribution >= 0.6 is 0 Å². The van der Waals surface area contributed by atoms with Crippen LogP contribution in [0.1, 0.15) is 348 Å². The van der Waals surface area contributed by atoms with Gasteiger partial charge in [0.2, 0.25) is 0 Å². The molecular weight excluding hydrogens is 1010 g/mol. The highest BCUT2D eigenvalue weighted by Gasteiger charge is 2.19. The summed E-state index contributed by atoms with van der Waals surface area (Å²) in [6.07, 6.45) is 94.2. The Morgan fingerprint density at radius 2 is 0.476 bits per heavy atom. The molecule has 0 aromatic rings. The van der Waals surface area contributed by atoms with Gasteiger partial charge < -0.3 is 14.2 Å². The van der Waals surface area contributed by atoms with Gasteiger partial charge in [-0.15, -0.1) is 0 Å². The fourth-order valence-electron chi connectivity index (χ4n) is 10.1. The Kier molecular flexibility index (Phi) is 66.7. The summed E-state index contributed by atoms with van der Waals surface area (Å²) in [5.74, 6) is -0.874. The average Bonchev–Trinajstić information content (AvgIpc) is 3.47. The standard InChI is InChI=1S/C76H132O6/c1-4-7-10-13-16-19-22-25-28-31-33-34-35-36-37-38-39-40-41-42-44-45-48-51-54-57-60-63-66-69-75(78)81-72-73(71-80-74(77)68-65-62-59-56-53-50-47-30-27-24-21-18-15-12-9-6-3)82-76(79)70-67-64-61-58-55-52-49-46-43-32-29-26-23-20-17-14-11-8-5-2/h7,10,16,19,25-26,28-29,33-34,36-37,39-40,42,44,73H,4-6,8-9,11-15,17-18,20-24,27,30-32,35,38,41,43,45-72H2,1-3H3/b10-7-,19-16-,28-25-,29-26-,34-33-,37-36-,40-39-,44-42-. The van der Waals surface area contributed by atoms with Crippen LogP contribution in [0.2, 0.25) is 0 Å². The van der Waals surface area contributed by atoms with E-state index in [2.05, 4.69) is 118 Å². The maximum atomic E-state index is 13.0. The van der Waals surface area contributed by atoms with Crippen LogP contribution in [0.3, 0.4) is 0 Å². The van der Waals surface area contributed by atoms with Gasteiger partial charge in [0.1, 0.15) is 13.2 Å². The molecule has 472 valence electrons. The molecule has 0 rings (SSSR count). The van der Waals surface area contributed by atoms with Gasteiger partial charge >= 0.3 is 17.9 Å². The highest BCUT2D eigenvalue weighted by atomic mass is 16.6. The predicted molar refractivity (Wildman–Crippen MR) is 357 cm³/mol. The summed E-state index contributed by atoms with van der Waals surface area (Å²) in [6.45, 7) is 6.56. The van der Waals surface area contributed by atoms with Crippen molar-refractivity contribution in [3.63, 3.8) is 0 Å². The van der Waals surface area contributed by atoms with Gasteiger partial charge in [-0.25, -0.2) is 0 Å². The Bertz CT molecular complexity index is 1590. The van der Waals surface area contributed by atoms with Crippen molar-refractivity contribution in [3.05, 3.63) is 97.2 Å². The molecule has 0 fully saturated rings. The molecular formula is C76H132O6. The fraction of sp³-hybridized carbons (Fsp3) is 0.750. The Morgan fingerprint density at radius 1 is 0.256 bits per heavy atom. The molecule has 0 aliphatic carbocycles. The maximum absolute atomic E-state index is 13.0.